The second-order valence-corrected chi connectivity index (χ2v) is 8.55. The van der Waals surface area contributed by atoms with E-state index >= 15 is 0 Å². The molecule has 1 atom stereocenters. The third-order valence-corrected chi connectivity index (χ3v) is 6.31. The maximum atomic E-state index is 13.5. The lowest BCUT2D eigenvalue weighted by molar-refractivity contribution is 0.0526. The van der Waals surface area contributed by atoms with Gasteiger partial charge in [0.15, 0.2) is 0 Å². The molecular formula is C28H27N3O3. The average molecular weight is 454 g/mol. The zero-order valence-electron chi connectivity index (χ0n) is 19.3. The van der Waals surface area contributed by atoms with Gasteiger partial charge in [0, 0.05) is 28.8 Å². The molecule has 0 aliphatic carbocycles. The zero-order chi connectivity index (χ0) is 23.7. The number of carbonyl (C=O) groups is 2. The van der Waals surface area contributed by atoms with Crippen molar-refractivity contribution in [3.63, 3.8) is 0 Å². The van der Waals surface area contributed by atoms with E-state index in [0.29, 0.717) is 24.4 Å². The number of amides is 2. The summed E-state index contributed by atoms with van der Waals surface area (Å²) in [5, 5.41) is 4.20. The fraction of sp³-hybridized carbons (Fsp3) is 0.214. The van der Waals surface area contributed by atoms with E-state index in [1.54, 1.807) is 31.2 Å². The Kier molecular flexibility index (Phi) is 5.80. The molecule has 0 saturated carbocycles. The van der Waals surface area contributed by atoms with Crippen LogP contribution in [0.1, 0.15) is 45.7 Å². The fourth-order valence-corrected chi connectivity index (χ4v) is 4.69. The topological polar surface area (TPSA) is 74.4 Å². The number of para-hydroxylation sites is 1. The molecule has 6 nitrogen and oxygen atoms in total. The van der Waals surface area contributed by atoms with Gasteiger partial charge >= 0.3 is 12.0 Å². The molecule has 2 amide bonds. The number of aromatic amines is 1. The highest BCUT2D eigenvalue weighted by molar-refractivity contribution is 5.94. The predicted octanol–water partition coefficient (Wildman–Crippen LogP) is 5.83. The molecule has 2 heterocycles. The molecule has 4 aromatic rings. The van der Waals surface area contributed by atoms with Crippen molar-refractivity contribution in [1.82, 2.24) is 9.88 Å². The van der Waals surface area contributed by atoms with Crippen molar-refractivity contribution in [3.8, 4) is 0 Å². The molecule has 3 aromatic carbocycles. The Morgan fingerprint density at radius 3 is 2.65 bits per heavy atom. The number of benzene rings is 3. The van der Waals surface area contributed by atoms with Gasteiger partial charge in [0.25, 0.3) is 0 Å². The van der Waals surface area contributed by atoms with Crippen LogP contribution in [0.2, 0.25) is 0 Å². The number of hydrogen-bond acceptors (Lipinski definition) is 3. The largest absolute Gasteiger partial charge is 0.462 e. The monoisotopic (exact) mass is 453 g/mol. The Labute approximate surface area is 198 Å². The Bertz CT molecular complexity index is 1360. The van der Waals surface area contributed by atoms with Gasteiger partial charge in [-0.3, -0.25) is 0 Å². The van der Waals surface area contributed by atoms with Gasteiger partial charge in [-0.2, -0.15) is 0 Å². The molecule has 1 aliphatic rings. The van der Waals surface area contributed by atoms with E-state index in [2.05, 4.69) is 53.6 Å². The first-order valence-electron chi connectivity index (χ1n) is 11.6. The van der Waals surface area contributed by atoms with Gasteiger partial charge in [-0.05, 0) is 55.7 Å². The molecule has 6 heteroatoms. The number of hydrogen-bond donors (Lipinski definition) is 2. The summed E-state index contributed by atoms with van der Waals surface area (Å²) in [4.78, 5) is 31.1. The van der Waals surface area contributed by atoms with Crippen LogP contribution in [0, 0.1) is 6.92 Å². The summed E-state index contributed by atoms with van der Waals surface area (Å²) in [5.41, 5.74) is 6.57. The Hall–Kier alpha value is -4.06. The summed E-state index contributed by atoms with van der Waals surface area (Å²) in [6.45, 7) is 4.70. The first-order chi connectivity index (χ1) is 16.5. The Morgan fingerprint density at radius 1 is 1.06 bits per heavy atom. The summed E-state index contributed by atoms with van der Waals surface area (Å²) >= 11 is 0. The van der Waals surface area contributed by atoms with Crippen molar-refractivity contribution in [2.24, 2.45) is 0 Å². The molecule has 0 radical (unpaired) electrons. The quantitative estimate of drug-likeness (QED) is 0.382. The van der Waals surface area contributed by atoms with Gasteiger partial charge in [0.2, 0.25) is 0 Å². The summed E-state index contributed by atoms with van der Waals surface area (Å²) in [6.07, 6.45) is 0.762. The first kappa shape index (κ1) is 21.8. The minimum Gasteiger partial charge on any atom is -0.462 e. The van der Waals surface area contributed by atoms with E-state index in [0.717, 1.165) is 23.2 Å². The molecule has 1 aliphatic heterocycles. The van der Waals surface area contributed by atoms with Gasteiger partial charge in [-0.25, -0.2) is 9.59 Å². The van der Waals surface area contributed by atoms with Crippen LogP contribution in [0.25, 0.3) is 10.9 Å². The number of aromatic nitrogens is 1. The minimum atomic E-state index is -0.406. The lowest BCUT2D eigenvalue weighted by atomic mass is 9.92. The number of anilines is 1. The van der Waals surface area contributed by atoms with Crippen LogP contribution >= 0.6 is 0 Å². The van der Waals surface area contributed by atoms with E-state index in [1.165, 1.54) is 16.5 Å². The van der Waals surface area contributed by atoms with Gasteiger partial charge in [-0.15, -0.1) is 0 Å². The van der Waals surface area contributed by atoms with Crippen LogP contribution in [0.3, 0.4) is 0 Å². The molecule has 2 N–H and O–H groups in total. The third-order valence-electron chi connectivity index (χ3n) is 6.31. The fourth-order valence-electron chi connectivity index (χ4n) is 4.69. The van der Waals surface area contributed by atoms with E-state index in [1.807, 2.05) is 17.0 Å². The highest BCUT2D eigenvalue weighted by atomic mass is 16.5. The minimum absolute atomic E-state index is 0.212. The number of rotatable bonds is 4. The third kappa shape index (κ3) is 4.03. The van der Waals surface area contributed by atoms with Crippen molar-refractivity contribution in [2.75, 3.05) is 18.5 Å². The van der Waals surface area contributed by atoms with E-state index in [4.69, 9.17) is 4.74 Å². The lowest BCUT2D eigenvalue weighted by Gasteiger charge is -2.36. The maximum absolute atomic E-state index is 13.5. The second-order valence-electron chi connectivity index (χ2n) is 8.55. The van der Waals surface area contributed by atoms with Crippen molar-refractivity contribution in [1.29, 1.82) is 0 Å². The average Bonchev–Trinajstić information content (AvgIpc) is 3.23. The van der Waals surface area contributed by atoms with Crippen molar-refractivity contribution >= 4 is 28.6 Å². The molecule has 172 valence electrons. The molecule has 0 fully saturated rings. The van der Waals surface area contributed by atoms with E-state index in [-0.39, 0.29) is 12.1 Å². The van der Waals surface area contributed by atoms with Crippen molar-refractivity contribution in [2.45, 2.75) is 26.3 Å². The highest BCUT2D eigenvalue weighted by Gasteiger charge is 2.34. The number of aryl methyl sites for hydroxylation is 1. The number of carbonyl (C=O) groups excluding carboxylic acids is 2. The maximum Gasteiger partial charge on any atom is 0.338 e. The lowest BCUT2D eigenvalue weighted by Crippen LogP contribution is -2.43. The van der Waals surface area contributed by atoms with Crippen LogP contribution in [0.15, 0.2) is 72.8 Å². The number of esters is 1. The molecule has 0 saturated heterocycles. The van der Waals surface area contributed by atoms with Crippen LogP contribution in [-0.2, 0) is 11.2 Å². The van der Waals surface area contributed by atoms with Crippen molar-refractivity contribution in [3.05, 3.63) is 101 Å². The van der Waals surface area contributed by atoms with Gasteiger partial charge in [-0.1, -0.05) is 54.1 Å². The summed E-state index contributed by atoms with van der Waals surface area (Å²) in [7, 11) is 0. The number of nitrogens with one attached hydrogen (secondary N) is 2. The van der Waals surface area contributed by atoms with Crippen LogP contribution < -0.4 is 5.32 Å². The Balaban J connectivity index is 1.50. The zero-order valence-corrected chi connectivity index (χ0v) is 19.3. The number of nitrogens with zero attached hydrogens (tertiary/aromatic N) is 1. The normalized spacial score (nSPS) is 15.1. The highest BCUT2D eigenvalue weighted by Crippen LogP contribution is 2.38. The number of ether oxygens (including phenoxy) is 1. The number of fused-ring (bicyclic) bond motifs is 3. The SMILES string of the molecule is CCOC(=O)c1cccc(NC(=O)N2CCc3c([nH]c4ccccc34)[C@@H]2c2ccc(C)cc2)c1. The molecular weight excluding hydrogens is 426 g/mol. The van der Waals surface area contributed by atoms with Gasteiger partial charge in [0.05, 0.1) is 18.2 Å². The molecule has 0 spiro atoms. The molecule has 34 heavy (non-hydrogen) atoms. The number of urea groups is 1. The van der Waals surface area contributed by atoms with Gasteiger partial charge in [0.1, 0.15) is 0 Å². The number of H-pyrrole nitrogens is 1. The van der Waals surface area contributed by atoms with Crippen LogP contribution in [0.4, 0.5) is 10.5 Å². The summed E-state index contributed by atoms with van der Waals surface area (Å²) < 4.78 is 5.09. The van der Waals surface area contributed by atoms with E-state index < -0.39 is 5.97 Å². The van der Waals surface area contributed by atoms with Crippen molar-refractivity contribution < 1.29 is 14.3 Å². The van der Waals surface area contributed by atoms with E-state index in [9.17, 15) is 9.59 Å². The Morgan fingerprint density at radius 2 is 1.85 bits per heavy atom. The molecule has 0 bridgehead atoms. The van der Waals surface area contributed by atoms with Gasteiger partial charge < -0.3 is 19.9 Å². The summed E-state index contributed by atoms with van der Waals surface area (Å²) in [6, 6.07) is 23.0. The van der Waals surface area contributed by atoms with Crippen LogP contribution in [0.5, 0.6) is 0 Å². The smallest absolute Gasteiger partial charge is 0.338 e. The first-order valence-corrected chi connectivity index (χ1v) is 11.6. The second kappa shape index (κ2) is 9.06. The molecule has 5 rings (SSSR count). The predicted molar refractivity (Wildman–Crippen MR) is 133 cm³/mol. The molecule has 0 unspecified atom stereocenters. The molecule has 1 aromatic heterocycles. The van der Waals surface area contributed by atoms with Crippen LogP contribution in [-0.4, -0.2) is 35.0 Å². The standard InChI is InChI=1S/C28H27N3O3/c1-3-34-27(32)20-7-6-8-21(17-20)29-28(33)31-16-15-23-22-9-4-5-10-24(22)30-25(23)26(31)19-13-11-18(2)12-14-19/h4-14,17,26,30H,3,15-16H2,1-2H3,(H,29,33)/t26-/m0/s1. The summed E-state index contributed by atoms with van der Waals surface area (Å²) in [5.74, 6) is -0.406.